The molecular formula is C34H28Br2N2O5. The van der Waals surface area contributed by atoms with Crippen LogP contribution in [0.25, 0.3) is 22.2 Å². The number of imide groups is 1. The SMILES string of the molecule is Cc1ccc(C(=O)COC(=O)c2cc(-c3ccc(N4C(=O)C5CC(Br)C(Br)CC5C4=O)cc3)nc3ccccc23)cc1C. The average Bonchev–Trinajstić information content (AvgIpc) is 3.24. The number of hydrogen-bond acceptors (Lipinski definition) is 6. The number of amides is 2. The molecule has 3 aromatic carbocycles. The molecule has 2 heterocycles. The van der Waals surface area contributed by atoms with Crippen molar-refractivity contribution < 1.29 is 23.9 Å². The van der Waals surface area contributed by atoms with Crippen molar-refractivity contribution in [3.8, 4) is 11.3 Å². The molecule has 43 heavy (non-hydrogen) atoms. The summed E-state index contributed by atoms with van der Waals surface area (Å²) < 4.78 is 5.48. The van der Waals surface area contributed by atoms with Gasteiger partial charge in [-0.1, -0.05) is 74.3 Å². The molecule has 1 saturated carbocycles. The van der Waals surface area contributed by atoms with Crippen molar-refractivity contribution in [1.82, 2.24) is 4.98 Å². The Hall–Kier alpha value is -3.69. The molecule has 6 rings (SSSR count). The molecule has 7 nitrogen and oxygen atoms in total. The number of esters is 1. The molecule has 2 aliphatic rings. The Labute approximate surface area is 265 Å². The molecule has 0 spiro atoms. The molecule has 4 atom stereocenters. The van der Waals surface area contributed by atoms with Gasteiger partial charge in [-0.05, 0) is 68.1 Å². The molecule has 1 aromatic heterocycles. The fourth-order valence-corrected chi connectivity index (χ4v) is 7.07. The van der Waals surface area contributed by atoms with E-state index in [-0.39, 0.29) is 45.7 Å². The predicted molar refractivity (Wildman–Crippen MR) is 172 cm³/mol. The van der Waals surface area contributed by atoms with Crippen LogP contribution in [0.1, 0.15) is 44.7 Å². The van der Waals surface area contributed by atoms with Gasteiger partial charge in [0.15, 0.2) is 12.4 Å². The maximum absolute atomic E-state index is 13.3. The molecule has 4 aromatic rings. The van der Waals surface area contributed by atoms with Crippen molar-refractivity contribution in [2.75, 3.05) is 11.5 Å². The fourth-order valence-electron chi connectivity index (χ4n) is 5.83. The highest BCUT2D eigenvalue weighted by Crippen LogP contribution is 2.44. The lowest BCUT2D eigenvalue weighted by atomic mass is 9.81. The zero-order chi connectivity index (χ0) is 30.4. The first-order valence-corrected chi connectivity index (χ1v) is 15.9. The summed E-state index contributed by atoms with van der Waals surface area (Å²) in [5.41, 5.74) is 5.18. The largest absolute Gasteiger partial charge is 0.454 e. The summed E-state index contributed by atoms with van der Waals surface area (Å²) >= 11 is 7.26. The van der Waals surface area contributed by atoms with Gasteiger partial charge in [0.2, 0.25) is 11.8 Å². The van der Waals surface area contributed by atoms with Crippen molar-refractivity contribution in [3.63, 3.8) is 0 Å². The molecule has 1 saturated heterocycles. The van der Waals surface area contributed by atoms with Crippen molar-refractivity contribution in [2.24, 2.45) is 11.8 Å². The molecule has 218 valence electrons. The Kier molecular flexibility index (Phi) is 8.04. The lowest BCUT2D eigenvalue weighted by Gasteiger charge is -2.29. The van der Waals surface area contributed by atoms with E-state index in [1.54, 1.807) is 48.5 Å². The van der Waals surface area contributed by atoms with Crippen LogP contribution in [0.2, 0.25) is 0 Å². The number of hydrogen-bond donors (Lipinski definition) is 0. The Morgan fingerprint density at radius 2 is 1.51 bits per heavy atom. The third kappa shape index (κ3) is 5.56. The molecule has 9 heteroatoms. The first-order valence-electron chi connectivity index (χ1n) is 14.1. The maximum atomic E-state index is 13.3. The highest BCUT2D eigenvalue weighted by atomic mass is 79.9. The van der Waals surface area contributed by atoms with Crippen LogP contribution < -0.4 is 4.90 Å². The van der Waals surface area contributed by atoms with Gasteiger partial charge >= 0.3 is 5.97 Å². The number of ether oxygens (including phenoxy) is 1. The second-order valence-corrected chi connectivity index (χ2v) is 13.5. The molecular weight excluding hydrogens is 676 g/mol. The minimum absolute atomic E-state index is 0.137. The summed E-state index contributed by atoms with van der Waals surface area (Å²) in [4.78, 5) is 58.8. The van der Waals surface area contributed by atoms with E-state index >= 15 is 0 Å². The van der Waals surface area contributed by atoms with Gasteiger partial charge in [0.25, 0.3) is 0 Å². The number of aryl methyl sites for hydroxylation is 2. The van der Waals surface area contributed by atoms with Gasteiger partial charge in [0.1, 0.15) is 0 Å². The van der Waals surface area contributed by atoms with E-state index in [1.165, 1.54) is 4.90 Å². The molecule has 2 amide bonds. The summed E-state index contributed by atoms with van der Waals surface area (Å²) in [6, 6.07) is 21.3. The first kappa shape index (κ1) is 29.4. The number of halogens is 2. The van der Waals surface area contributed by atoms with Crippen LogP contribution in [0.15, 0.2) is 72.8 Å². The number of carbonyl (C=O) groups excluding carboxylic acids is 4. The summed E-state index contributed by atoms with van der Waals surface area (Å²) in [6.07, 6.45) is 1.21. The lowest BCUT2D eigenvalue weighted by Crippen LogP contribution is -2.34. The van der Waals surface area contributed by atoms with Crippen LogP contribution in [0.5, 0.6) is 0 Å². The molecule has 0 radical (unpaired) electrons. The molecule has 1 aliphatic heterocycles. The number of aromatic nitrogens is 1. The van der Waals surface area contributed by atoms with Gasteiger partial charge in [-0.25, -0.2) is 9.78 Å². The monoisotopic (exact) mass is 702 g/mol. The summed E-state index contributed by atoms with van der Waals surface area (Å²) in [7, 11) is 0. The lowest BCUT2D eigenvalue weighted by molar-refractivity contribution is -0.122. The minimum atomic E-state index is -0.625. The quantitative estimate of drug-likeness (QED) is 0.0931. The van der Waals surface area contributed by atoms with E-state index in [4.69, 9.17) is 9.72 Å². The van der Waals surface area contributed by atoms with E-state index < -0.39 is 5.97 Å². The van der Waals surface area contributed by atoms with Crippen LogP contribution in [0.4, 0.5) is 5.69 Å². The number of fused-ring (bicyclic) bond motifs is 2. The van der Waals surface area contributed by atoms with Crippen LogP contribution >= 0.6 is 31.9 Å². The van der Waals surface area contributed by atoms with Crippen molar-refractivity contribution >= 4 is 72.0 Å². The van der Waals surface area contributed by atoms with Crippen LogP contribution in [-0.2, 0) is 14.3 Å². The molecule has 4 unspecified atom stereocenters. The smallest absolute Gasteiger partial charge is 0.339 e. The van der Waals surface area contributed by atoms with Gasteiger partial charge in [-0.2, -0.15) is 0 Å². The van der Waals surface area contributed by atoms with E-state index in [0.29, 0.717) is 51.8 Å². The average molecular weight is 704 g/mol. The summed E-state index contributed by atoms with van der Waals surface area (Å²) in [5.74, 6) is -1.91. The highest BCUT2D eigenvalue weighted by molar-refractivity contribution is 9.12. The number of nitrogens with zero attached hydrogens (tertiary/aromatic N) is 2. The molecule has 2 fully saturated rings. The molecule has 0 N–H and O–H groups in total. The highest BCUT2D eigenvalue weighted by Gasteiger charge is 2.52. The van der Waals surface area contributed by atoms with E-state index in [9.17, 15) is 19.2 Å². The summed E-state index contributed by atoms with van der Waals surface area (Å²) in [5, 5.41) is 0.609. The van der Waals surface area contributed by atoms with E-state index in [1.807, 2.05) is 38.1 Å². The topological polar surface area (TPSA) is 93.6 Å². The van der Waals surface area contributed by atoms with Gasteiger partial charge in [0, 0.05) is 26.2 Å². The first-order chi connectivity index (χ1) is 20.6. The minimum Gasteiger partial charge on any atom is -0.454 e. The van der Waals surface area contributed by atoms with Crippen LogP contribution in [-0.4, -0.2) is 44.8 Å². The standard InChI is InChI=1S/C34H28Br2N2O5/c1-18-7-8-21(13-19(18)2)31(39)17-43-34(42)26-16-30(37-29-6-4-3-5-23(26)29)20-9-11-22(12-10-20)38-32(40)24-14-27(35)28(36)15-25(24)33(38)41/h3-13,16,24-25,27-28H,14-15,17H2,1-2H3. The normalized spacial score (nSPS) is 21.6. The zero-order valence-corrected chi connectivity index (χ0v) is 26.7. The van der Waals surface area contributed by atoms with E-state index in [2.05, 4.69) is 31.9 Å². The van der Waals surface area contributed by atoms with Crippen LogP contribution in [0.3, 0.4) is 0 Å². The number of ketones is 1. The number of Topliss-reactive ketones (excluding diaryl/α,β-unsaturated/α-hetero) is 1. The fraction of sp³-hybridized carbons (Fsp3) is 0.265. The third-order valence-electron chi connectivity index (χ3n) is 8.43. The van der Waals surface area contributed by atoms with Crippen LogP contribution in [0, 0.1) is 25.7 Å². The Morgan fingerprint density at radius 3 is 2.16 bits per heavy atom. The predicted octanol–water partition coefficient (Wildman–Crippen LogP) is 6.98. The molecule has 1 aliphatic carbocycles. The Morgan fingerprint density at radius 1 is 0.860 bits per heavy atom. The number of pyridine rings is 1. The van der Waals surface area contributed by atoms with Gasteiger partial charge < -0.3 is 4.74 Å². The Balaban J connectivity index is 1.25. The second-order valence-electron chi connectivity index (χ2n) is 11.1. The van der Waals surface area contributed by atoms with Gasteiger partial charge in [-0.15, -0.1) is 0 Å². The zero-order valence-electron chi connectivity index (χ0n) is 23.6. The Bertz CT molecular complexity index is 1760. The molecule has 0 bridgehead atoms. The number of benzene rings is 3. The van der Waals surface area contributed by atoms with E-state index in [0.717, 1.165) is 11.1 Å². The number of anilines is 1. The summed E-state index contributed by atoms with van der Waals surface area (Å²) in [6.45, 7) is 3.52. The van der Waals surface area contributed by atoms with Crippen molar-refractivity contribution in [2.45, 2.75) is 36.3 Å². The number of para-hydroxylation sites is 1. The second kappa shape index (κ2) is 11.8. The number of carbonyl (C=O) groups is 4. The maximum Gasteiger partial charge on any atom is 0.339 e. The van der Waals surface area contributed by atoms with Crippen molar-refractivity contribution in [3.05, 3.63) is 95.1 Å². The van der Waals surface area contributed by atoms with Gasteiger partial charge in [-0.3, -0.25) is 19.3 Å². The van der Waals surface area contributed by atoms with Crippen molar-refractivity contribution in [1.29, 1.82) is 0 Å². The third-order valence-corrected chi connectivity index (χ3v) is 11.2. The van der Waals surface area contributed by atoms with Gasteiger partial charge in [0.05, 0.1) is 34.3 Å². The number of alkyl halides is 2. The number of rotatable bonds is 6.